The summed E-state index contributed by atoms with van der Waals surface area (Å²) in [5, 5.41) is -0.409. The summed E-state index contributed by atoms with van der Waals surface area (Å²) in [6, 6.07) is 5.52. The van der Waals surface area contributed by atoms with Crippen molar-refractivity contribution in [2.75, 3.05) is 36.8 Å². The van der Waals surface area contributed by atoms with Gasteiger partial charge >= 0.3 is 0 Å². The largest absolute Gasteiger partial charge is 0.453 e. The second-order valence-corrected chi connectivity index (χ2v) is 7.82. The van der Waals surface area contributed by atoms with E-state index in [2.05, 4.69) is 4.90 Å². The van der Waals surface area contributed by atoms with Gasteiger partial charge in [-0.3, -0.25) is 9.59 Å². The summed E-state index contributed by atoms with van der Waals surface area (Å²) < 4.78 is 48.3. The molecule has 0 radical (unpaired) electrons. The molecule has 0 aliphatic carbocycles. The number of carbonyl (C=O) groups excluding carboxylic acids is 1. The number of carbonyl (C=O) groups is 1. The fourth-order valence-corrected chi connectivity index (χ4v) is 4.01. The number of hydrogen-bond acceptors (Lipinski definition) is 5. The third kappa shape index (κ3) is 4.08. The highest BCUT2D eigenvalue weighted by atomic mass is 19.1. The number of benzene rings is 2. The zero-order chi connectivity index (χ0) is 23.0. The first-order chi connectivity index (χ1) is 15.3. The Morgan fingerprint density at radius 3 is 2.47 bits per heavy atom. The van der Waals surface area contributed by atoms with Crippen LogP contribution in [0.5, 0.6) is 0 Å². The highest BCUT2D eigenvalue weighted by Gasteiger charge is 2.21. The molecule has 168 valence electrons. The van der Waals surface area contributed by atoms with Crippen molar-refractivity contribution in [3.05, 3.63) is 58.0 Å². The van der Waals surface area contributed by atoms with E-state index in [0.29, 0.717) is 19.2 Å². The van der Waals surface area contributed by atoms with Crippen molar-refractivity contribution in [2.45, 2.75) is 19.8 Å². The van der Waals surface area contributed by atoms with Crippen molar-refractivity contribution in [1.82, 2.24) is 4.90 Å². The smallest absolute Gasteiger partial charge is 0.223 e. The highest BCUT2D eigenvalue weighted by molar-refractivity contribution is 5.92. The molecule has 1 saturated heterocycles. The van der Waals surface area contributed by atoms with E-state index in [1.807, 2.05) is 0 Å². The van der Waals surface area contributed by atoms with E-state index in [0.717, 1.165) is 38.1 Å². The molecule has 2 aromatic carbocycles. The van der Waals surface area contributed by atoms with Gasteiger partial charge in [0, 0.05) is 37.7 Å². The predicted octanol–water partition coefficient (Wildman–Crippen LogP) is 3.91. The Labute approximate surface area is 182 Å². The molecule has 1 fully saturated rings. The topological polar surface area (TPSA) is 79.8 Å². The van der Waals surface area contributed by atoms with Crippen molar-refractivity contribution in [1.29, 1.82) is 0 Å². The Morgan fingerprint density at radius 1 is 1.09 bits per heavy atom. The van der Waals surface area contributed by atoms with Crippen LogP contribution in [0.2, 0.25) is 0 Å². The van der Waals surface area contributed by atoms with E-state index >= 15 is 0 Å². The van der Waals surface area contributed by atoms with Crippen LogP contribution in [-0.2, 0) is 4.79 Å². The summed E-state index contributed by atoms with van der Waals surface area (Å²) in [7, 11) is 0. The molecular formula is C23H22F3N3O3. The zero-order valence-corrected chi connectivity index (χ0v) is 17.5. The number of hydrogen-bond donors (Lipinski definition) is 1. The van der Waals surface area contributed by atoms with Gasteiger partial charge in [0.15, 0.2) is 16.8 Å². The molecule has 1 amide bonds. The van der Waals surface area contributed by atoms with E-state index in [1.165, 1.54) is 24.0 Å². The number of fused-ring (bicyclic) bond motifs is 1. The Hall–Kier alpha value is -3.33. The fraction of sp³-hybridized carbons (Fsp3) is 0.304. The second kappa shape index (κ2) is 8.66. The number of anilines is 2. The minimum Gasteiger partial charge on any atom is -0.453 e. The van der Waals surface area contributed by atoms with E-state index in [-0.39, 0.29) is 22.9 Å². The quantitative estimate of drug-likeness (QED) is 0.603. The number of nitrogen functional groups attached to an aromatic ring is 1. The van der Waals surface area contributed by atoms with Crippen LogP contribution in [0.1, 0.15) is 19.8 Å². The van der Waals surface area contributed by atoms with Gasteiger partial charge in [0.05, 0.1) is 16.8 Å². The number of rotatable bonds is 5. The molecule has 0 bridgehead atoms. The Morgan fingerprint density at radius 2 is 1.81 bits per heavy atom. The van der Waals surface area contributed by atoms with Gasteiger partial charge in [-0.05, 0) is 44.1 Å². The van der Waals surface area contributed by atoms with Gasteiger partial charge in [0.25, 0.3) is 0 Å². The lowest BCUT2D eigenvalue weighted by Crippen LogP contribution is -2.37. The maximum absolute atomic E-state index is 15.0. The van der Waals surface area contributed by atoms with Crippen LogP contribution in [0.3, 0.4) is 0 Å². The molecule has 3 aromatic rings. The lowest BCUT2D eigenvalue weighted by molar-refractivity contribution is -0.116. The summed E-state index contributed by atoms with van der Waals surface area (Å²) in [5.74, 6) is -3.26. The van der Waals surface area contributed by atoms with E-state index < -0.39 is 39.5 Å². The van der Waals surface area contributed by atoms with Crippen molar-refractivity contribution < 1.29 is 22.4 Å². The maximum Gasteiger partial charge on any atom is 0.223 e. The van der Waals surface area contributed by atoms with Gasteiger partial charge in [0.1, 0.15) is 17.4 Å². The average Bonchev–Trinajstić information content (AvgIpc) is 3.26. The van der Waals surface area contributed by atoms with Crippen LogP contribution in [0.4, 0.5) is 24.5 Å². The van der Waals surface area contributed by atoms with Gasteiger partial charge in [-0.1, -0.05) is 0 Å². The zero-order valence-electron chi connectivity index (χ0n) is 17.5. The normalized spacial score (nSPS) is 14.2. The van der Waals surface area contributed by atoms with Crippen LogP contribution in [0.15, 0.2) is 39.5 Å². The van der Waals surface area contributed by atoms with Crippen molar-refractivity contribution >= 4 is 28.3 Å². The molecule has 1 aliphatic heterocycles. The van der Waals surface area contributed by atoms with Crippen LogP contribution in [-0.4, -0.2) is 37.0 Å². The third-order valence-corrected chi connectivity index (χ3v) is 5.69. The van der Waals surface area contributed by atoms with Crippen LogP contribution in [0.25, 0.3) is 22.3 Å². The van der Waals surface area contributed by atoms with E-state index in [1.54, 1.807) is 0 Å². The fourth-order valence-electron chi connectivity index (χ4n) is 4.01. The first-order valence-corrected chi connectivity index (χ1v) is 10.3. The molecule has 0 atom stereocenters. The molecule has 0 spiro atoms. The summed E-state index contributed by atoms with van der Waals surface area (Å²) >= 11 is 0. The van der Waals surface area contributed by atoms with Crippen molar-refractivity contribution in [3.63, 3.8) is 0 Å². The van der Waals surface area contributed by atoms with E-state index in [4.69, 9.17) is 10.2 Å². The molecule has 0 unspecified atom stereocenters. The molecule has 4 rings (SSSR count). The summed E-state index contributed by atoms with van der Waals surface area (Å²) in [5.41, 5.74) is 4.04. The van der Waals surface area contributed by atoms with Crippen LogP contribution in [0, 0.1) is 17.5 Å². The third-order valence-electron chi connectivity index (χ3n) is 5.69. The molecule has 2 heterocycles. The first-order valence-electron chi connectivity index (χ1n) is 10.3. The summed E-state index contributed by atoms with van der Waals surface area (Å²) in [6.07, 6.45) is 2.22. The minimum atomic E-state index is -1.09. The monoisotopic (exact) mass is 445 g/mol. The Balaban J connectivity index is 1.68. The molecule has 2 N–H and O–H groups in total. The number of nitrogens with zero attached hydrogens (tertiary/aromatic N) is 2. The molecule has 9 heteroatoms. The van der Waals surface area contributed by atoms with Gasteiger partial charge in [-0.15, -0.1) is 0 Å². The maximum atomic E-state index is 15.0. The number of nitrogens with two attached hydrogens (primary N) is 1. The number of amides is 1. The van der Waals surface area contributed by atoms with Crippen LogP contribution >= 0.6 is 0 Å². The van der Waals surface area contributed by atoms with Crippen molar-refractivity contribution in [2.24, 2.45) is 0 Å². The highest BCUT2D eigenvalue weighted by Crippen LogP contribution is 2.31. The predicted molar refractivity (Wildman–Crippen MR) is 116 cm³/mol. The molecule has 1 aromatic heterocycles. The minimum absolute atomic E-state index is 0.0982. The SMILES string of the molecule is CC(=O)N(CCN1CCCC1)c1ccc(-c2cc(=O)c3c(N)c(F)cc(F)c3o2)cc1F. The molecule has 0 saturated carbocycles. The Bertz CT molecular complexity index is 1250. The van der Waals surface area contributed by atoms with E-state index in [9.17, 15) is 22.8 Å². The molecule has 32 heavy (non-hydrogen) atoms. The second-order valence-electron chi connectivity index (χ2n) is 7.82. The lowest BCUT2D eigenvalue weighted by Gasteiger charge is -2.25. The van der Waals surface area contributed by atoms with Crippen molar-refractivity contribution in [3.8, 4) is 11.3 Å². The number of halogens is 3. The first kappa shape index (κ1) is 21.9. The summed E-state index contributed by atoms with van der Waals surface area (Å²) in [6.45, 7) is 4.26. The molecular weight excluding hydrogens is 423 g/mol. The average molecular weight is 445 g/mol. The Kier molecular flexibility index (Phi) is 5.92. The van der Waals surface area contributed by atoms with Gasteiger partial charge in [-0.25, -0.2) is 13.2 Å². The van der Waals surface area contributed by atoms with Gasteiger partial charge < -0.3 is 20.0 Å². The molecule has 6 nitrogen and oxygen atoms in total. The van der Waals surface area contributed by atoms with Gasteiger partial charge in [0.2, 0.25) is 5.91 Å². The van der Waals surface area contributed by atoms with Crippen LogP contribution < -0.4 is 16.1 Å². The lowest BCUT2D eigenvalue weighted by atomic mass is 10.1. The molecule has 1 aliphatic rings. The number of likely N-dealkylation sites (tertiary alicyclic amines) is 1. The standard InChI is InChI=1S/C23H22F3N3O3/c1-13(30)29(9-8-28-6-2-3-7-28)18-5-4-14(10-15(18)24)20-12-19(31)21-22(27)16(25)11-17(26)23(21)32-20/h4-5,10-12H,2-3,6-9,27H2,1H3. The summed E-state index contributed by atoms with van der Waals surface area (Å²) in [4.78, 5) is 28.2. The van der Waals surface area contributed by atoms with Gasteiger partial charge in [-0.2, -0.15) is 0 Å².